The summed E-state index contributed by atoms with van der Waals surface area (Å²) < 4.78 is 4.61. The van der Waals surface area contributed by atoms with Gasteiger partial charge >= 0.3 is 0 Å². The highest BCUT2D eigenvalue weighted by atomic mass is 16.5. The summed E-state index contributed by atoms with van der Waals surface area (Å²) in [5.41, 5.74) is 0.930. The first-order valence-electron chi connectivity index (χ1n) is 3.62. The number of likely N-dealkylation sites (N-methyl/N-ethyl adjacent to an activating group) is 1. The zero-order valence-corrected chi connectivity index (χ0v) is 6.83. The van der Waals surface area contributed by atoms with Crippen LogP contribution in [0.4, 0.5) is 0 Å². The molecule has 2 N–H and O–H groups in total. The van der Waals surface area contributed by atoms with Crippen LogP contribution in [0.15, 0.2) is 17.0 Å². The van der Waals surface area contributed by atoms with Crippen molar-refractivity contribution in [3.05, 3.63) is 18.0 Å². The molecule has 0 saturated carbocycles. The fourth-order valence-electron chi connectivity index (χ4n) is 0.723. The van der Waals surface area contributed by atoms with Crippen LogP contribution in [0, 0.1) is 0 Å². The minimum absolute atomic E-state index is 0.0357. The molecule has 0 atom stereocenters. The summed E-state index contributed by atoms with van der Waals surface area (Å²) in [5.74, 6) is -0.0357. The smallest absolute Gasteiger partial charge is 0.233 e. The highest BCUT2D eigenvalue weighted by Gasteiger charge is 1.97. The van der Waals surface area contributed by atoms with Crippen LogP contribution >= 0.6 is 0 Å². The zero-order chi connectivity index (χ0) is 8.81. The first kappa shape index (κ1) is 8.73. The van der Waals surface area contributed by atoms with Crippen molar-refractivity contribution >= 4 is 5.91 Å². The van der Waals surface area contributed by atoms with Crippen LogP contribution in [0.1, 0.15) is 5.56 Å². The fraction of sp³-hybridized carbons (Fsp3) is 0.429. The summed E-state index contributed by atoms with van der Waals surface area (Å²) >= 11 is 0. The third kappa shape index (κ3) is 2.71. The normalized spacial score (nSPS) is 9.75. The SMILES string of the molecule is CNC(=O)CNCc1cnoc1. The van der Waals surface area contributed by atoms with E-state index in [2.05, 4.69) is 20.3 Å². The lowest BCUT2D eigenvalue weighted by atomic mass is 10.3. The highest BCUT2D eigenvalue weighted by molar-refractivity contribution is 5.77. The molecule has 1 heterocycles. The average Bonchev–Trinajstić information content (AvgIpc) is 2.57. The van der Waals surface area contributed by atoms with E-state index in [-0.39, 0.29) is 5.91 Å². The van der Waals surface area contributed by atoms with Crippen LogP contribution in [0.5, 0.6) is 0 Å². The number of carbonyl (C=O) groups excluding carboxylic acids is 1. The van der Waals surface area contributed by atoms with Crippen molar-refractivity contribution in [2.75, 3.05) is 13.6 Å². The Morgan fingerprint density at radius 2 is 2.58 bits per heavy atom. The lowest BCUT2D eigenvalue weighted by Gasteiger charge is -1.99. The Balaban J connectivity index is 2.15. The third-order valence-corrected chi connectivity index (χ3v) is 1.38. The van der Waals surface area contributed by atoms with Crippen molar-refractivity contribution in [1.82, 2.24) is 15.8 Å². The Labute approximate surface area is 70.1 Å². The quantitative estimate of drug-likeness (QED) is 0.638. The van der Waals surface area contributed by atoms with Gasteiger partial charge in [0.1, 0.15) is 6.26 Å². The predicted octanol–water partition coefficient (Wildman–Crippen LogP) is -0.490. The molecule has 5 nitrogen and oxygen atoms in total. The van der Waals surface area contributed by atoms with Crippen LogP contribution in [0.2, 0.25) is 0 Å². The van der Waals surface area contributed by atoms with Crippen LogP contribution < -0.4 is 10.6 Å². The molecule has 1 rings (SSSR count). The zero-order valence-electron chi connectivity index (χ0n) is 6.83. The molecule has 0 aliphatic rings. The van der Waals surface area contributed by atoms with Crippen molar-refractivity contribution in [2.24, 2.45) is 0 Å². The largest absolute Gasteiger partial charge is 0.364 e. The molecule has 12 heavy (non-hydrogen) atoms. The van der Waals surface area contributed by atoms with E-state index < -0.39 is 0 Å². The van der Waals surface area contributed by atoms with E-state index in [0.29, 0.717) is 13.1 Å². The number of amides is 1. The Kier molecular flexibility index (Phi) is 3.28. The van der Waals surface area contributed by atoms with E-state index in [4.69, 9.17) is 0 Å². The molecule has 0 aromatic carbocycles. The van der Waals surface area contributed by atoms with Crippen LogP contribution in [-0.2, 0) is 11.3 Å². The van der Waals surface area contributed by atoms with Gasteiger partial charge in [0.05, 0.1) is 12.7 Å². The number of rotatable bonds is 4. The molecule has 1 amide bonds. The van der Waals surface area contributed by atoms with E-state index >= 15 is 0 Å². The summed E-state index contributed by atoms with van der Waals surface area (Å²) in [6.07, 6.45) is 3.15. The van der Waals surface area contributed by atoms with Crippen molar-refractivity contribution in [2.45, 2.75) is 6.54 Å². The Morgan fingerprint density at radius 1 is 1.75 bits per heavy atom. The van der Waals surface area contributed by atoms with Gasteiger partial charge in [-0.25, -0.2) is 0 Å². The van der Waals surface area contributed by atoms with Crippen molar-refractivity contribution in [1.29, 1.82) is 0 Å². The van der Waals surface area contributed by atoms with Crippen molar-refractivity contribution in [3.8, 4) is 0 Å². The second kappa shape index (κ2) is 4.50. The molecule has 0 radical (unpaired) electrons. The van der Waals surface area contributed by atoms with Gasteiger partial charge in [0.25, 0.3) is 0 Å². The van der Waals surface area contributed by atoms with Crippen LogP contribution in [-0.4, -0.2) is 24.7 Å². The minimum Gasteiger partial charge on any atom is -0.364 e. The molecule has 0 fully saturated rings. The molecule has 5 heteroatoms. The number of nitrogens with zero attached hydrogens (tertiary/aromatic N) is 1. The number of nitrogens with one attached hydrogen (secondary N) is 2. The van der Waals surface area contributed by atoms with Gasteiger partial charge in [-0.15, -0.1) is 0 Å². The maximum atomic E-state index is 10.7. The molecular weight excluding hydrogens is 158 g/mol. The summed E-state index contributed by atoms with van der Waals surface area (Å²) in [6.45, 7) is 0.901. The van der Waals surface area contributed by atoms with Crippen molar-refractivity contribution in [3.63, 3.8) is 0 Å². The van der Waals surface area contributed by atoms with Crippen molar-refractivity contribution < 1.29 is 9.32 Å². The molecule has 0 saturated heterocycles. The maximum Gasteiger partial charge on any atom is 0.233 e. The average molecular weight is 169 g/mol. The van der Waals surface area contributed by atoms with Gasteiger partial charge < -0.3 is 15.2 Å². The standard InChI is InChI=1S/C7H11N3O2/c1-8-7(11)4-9-2-6-3-10-12-5-6/h3,5,9H,2,4H2,1H3,(H,8,11). The van der Waals surface area contributed by atoms with Crippen LogP contribution in [0.25, 0.3) is 0 Å². The van der Waals surface area contributed by atoms with Gasteiger partial charge in [-0.05, 0) is 0 Å². The van der Waals surface area contributed by atoms with Gasteiger partial charge in [-0.2, -0.15) is 0 Å². The molecule has 66 valence electrons. The first-order valence-corrected chi connectivity index (χ1v) is 3.62. The lowest BCUT2D eigenvalue weighted by Crippen LogP contribution is -2.30. The second-order valence-electron chi connectivity index (χ2n) is 2.31. The predicted molar refractivity (Wildman–Crippen MR) is 42.3 cm³/mol. The fourth-order valence-corrected chi connectivity index (χ4v) is 0.723. The van der Waals surface area contributed by atoms with Gasteiger partial charge in [-0.3, -0.25) is 4.79 Å². The number of aromatic nitrogens is 1. The number of hydrogen-bond acceptors (Lipinski definition) is 4. The summed E-state index contributed by atoms with van der Waals surface area (Å²) in [7, 11) is 1.60. The monoisotopic (exact) mass is 169 g/mol. The second-order valence-corrected chi connectivity index (χ2v) is 2.31. The van der Waals surface area contributed by atoms with E-state index in [1.54, 1.807) is 13.2 Å². The molecular formula is C7H11N3O2. The molecule has 0 unspecified atom stereocenters. The van der Waals surface area contributed by atoms with E-state index in [1.807, 2.05) is 0 Å². The van der Waals surface area contributed by atoms with Gasteiger partial charge in [0.2, 0.25) is 5.91 Å². The molecule has 0 aliphatic heterocycles. The van der Waals surface area contributed by atoms with Crippen LogP contribution in [0.3, 0.4) is 0 Å². The molecule has 1 aromatic heterocycles. The molecule has 1 aromatic rings. The summed E-state index contributed by atoms with van der Waals surface area (Å²) in [5, 5.41) is 8.96. The Bertz CT molecular complexity index is 233. The highest BCUT2D eigenvalue weighted by Crippen LogP contribution is 1.93. The van der Waals surface area contributed by atoms with E-state index in [0.717, 1.165) is 5.56 Å². The van der Waals surface area contributed by atoms with Gasteiger partial charge in [0.15, 0.2) is 0 Å². The molecule has 0 aliphatic carbocycles. The number of carbonyl (C=O) groups is 1. The Hall–Kier alpha value is -1.36. The van der Waals surface area contributed by atoms with Gasteiger partial charge in [-0.1, -0.05) is 5.16 Å². The summed E-state index contributed by atoms with van der Waals surface area (Å²) in [4.78, 5) is 10.7. The lowest BCUT2D eigenvalue weighted by molar-refractivity contribution is -0.119. The minimum atomic E-state index is -0.0357. The Morgan fingerprint density at radius 3 is 3.17 bits per heavy atom. The summed E-state index contributed by atoms with van der Waals surface area (Å²) in [6, 6.07) is 0. The maximum absolute atomic E-state index is 10.7. The first-order chi connectivity index (χ1) is 5.83. The van der Waals surface area contributed by atoms with E-state index in [1.165, 1.54) is 6.26 Å². The van der Waals surface area contributed by atoms with Gasteiger partial charge in [0, 0.05) is 19.2 Å². The third-order valence-electron chi connectivity index (χ3n) is 1.38. The number of hydrogen-bond donors (Lipinski definition) is 2. The molecule has 0 spiro atoms. The molecule has 0 bridgehead atoms. The topological polar surface area (TPSA) is 67.2 Å². The van der Waals surface area contributed by atoms with E-state index in [9.17, 15) is 4.79 Å².